The monoisotopic (exact) mass is 164 g/mol. The lowest BCUT2D eigenvalue weighted by Gasteiger charge is -2.33. The second-order valence-electron chi connectivity index (χ2n) is 2.61. The number of hydrogen-bond donors (Lipinski definition) is 4. The molecule has 1 heterocycles. The Kier molecular flexibility index (Phi) is 2.80. The van der Waals surface area contributed by atoms with Crippen molar-refractivity contribution in [3.05, 3.63) is 0 Å². The molecule has 0 spiro atoms. The van der Waals surface area contributed by atoms with Gasteiger partial charge in [0.1, 0.15) is 12.2 Å². The molecule has 5 heteroatoms. The van der Waals surface area contributed by atoms with Crippen molar-refractivity contribution >= 4 is 0 Å². The van der Waals surface area contributed by atoms with E-state index in [0.29, 0.717) is 0 Å². The molecule has 5 nitrogen and oxygen atoms in total. The number of hydrogen-bond acceptors (Lipinski definition) is 5. The standard InChI is InChI=1S/C6H12O5/c7-2-4-6(10)3(8)1-5(9)11-4/h3-10H,1-2H2/t3?,4-,5?,6-/m1/s1. The third kappa shape index (κ3) is 1.88. The molecule has 0 saturated carbocycles. The van der Waals surface area contributed by atoms with E-state index in [1.165, 1.54) is 0 Å². The van der Waals surface area contributed by atoms with E-state index in [2.05, 4.69) is 0 Å². The van der Waals surface area contributed by atoms with Crippen LogP contribution in [-0.2, 0) is 4.74 Å². The molecule has 4 N–H and O–H groups in total. The summed E-state index contributed by atoms with van der Waals surface area (Å²) in [5.74, 6) is 0. The van der Waals surface area contributed by atoms with Crippen molar-refractivity contribution in [2.45, 2.75) is 31.0 Å². The van der Waals surface area contributed by atoms with E-state index in [1.807, 2.05) is 0 Å². The van der Waals surface area contributed by atoms with Gasteiger partial charge in [0.2, 0.25) is 0 Å². The smallest absolute Gasteiger partial charge is 0.157 e. The highest BCUT2D eigenvalue weighted by atomic mass is 16.6. The van der Waals surface area contributed by atoms with Crippen LogP contribution >= 0.6 is 0 Å². The van der Waals surface area contributed by atoms with Gasteiger partial charge in [-0.25, -0.2) is 0 Å². The molecule has 0 aromatic heterocycles. The van der Waals surface area contributed by atoms with Crippen molar-refractivity contribution in [1.29, 1.82) is 0 Å². The normalized spacial score (nSPS) is 45.8. The zero-order chi connectivity index (χ0) is 8.43. The van der Waals surface area contributed by atoms with Crippen molar-refractivity contribution < 1.29 is 25.2 Å². The Labute approximate surface area is 63.8 Å². The van der Waals surface area contributed by atoms with Gasteiger partial charge in [0.25, 0.3) is 0 Å². The molecule has 66 valence electrons. The average molecular weight is 164 g/mol. The third-order valence-electron chi connectivity index (χ3n) is 1.73. The molecule has 0 radical (unpaired) electrons. The second kappa shape index (κ2) is 3.46. The molecule has 1 fully saturated rings. The van der Waals surface area contributed by atoms with Gasteiger partial charge >= 0.3 is 0 Å². The van der Waals surface area contributed by atoms with Gasteiger partial charge in [-0.2, -0.15) is 0 Å². The van der Waals surface area contributed by atoms with Crippen LogP contribution in [-0.4, -0.2) is 51.6 Å². The maximum atomic E-state index is 9.11. The summed E-state index contributed by atoms with van der Waals surface area (Å²) < 4.78 is 4.71. The van der Waals surface area contributed by atoms with Gasteiger partial charge in [0.15, 0.2) is 6.29 Å². The molecule has 0 aliphatic carbocycles. The Bertz CT molecular complexity index is 128. The molecule has 4 atom stereocenters. The molecule has 0 bridgehead atoms. The fraction of sp³-hybridized carbons (Fsp3) is 1.00. The van der Waals surface area contributed by atoms with Crippen molar-refractivity contribution in [2.24, 2.45) is 0 Å². The van der Waals surface area contributed by atoms with Crippen molar-refractivity contribution in [3.63, 3.8) is 0 Å². The summed E-state index contributed by atoms with van der Waals surface area (Å²) in [6.45, 7) is -0.407. The van der Waals surface area contributed by atoms with Gasteiger partial charge in [-0.1, -0.05) is 0 Å². The van der Waals surface area contributed by atoms with E-state index in [4.69, 9.17) is 25.2 Å². The molecular formula is C6H12O5. The Balaban J connectivity index is 2.51. The summed E-state index contributed by atoms with van der Waals surface area (Å²) >= 11 is 0. The minimum Gasteiger partial charge on any atom is -0.394 e. The van der Waals surface area contributed by atoms with E-state index in [0.717, 1.165) is 0 Å². The topological polar surface area (TPSA) is 90.2 Å². The minimum atomic E-state index is -1.11. The first-order valence-corrected chi connectivity index (χ1v) is 3.45. The zero-order valence-corrected chi connectivity index (χ0v) is 5.92. The first-order valence-electron chi connectivity index (χ1n) is 3.45. The summed E-state index contributed by atoms with van der Waals surface area (Å²) in [7, 11) is 0. The van der Waals surface area contributed by atoms with Gasteiger partial charge in [0, 0.05) is 6.42 Å². The maximum absolute atomic E-state index is 9.11. The van der Waals surface area contributed by atoms with Crippen LogP contribution < -0.4 is 0 Å². The summed E-state index contributed by atoms with van der Waals surface area (Å²) in [5.41, 5.74) is 0. The fourth-order valence-electron chi connectivity index (χ4n) is 1.08. The van der Waals surface area contributed by atoms with Crippen molar-refractivity contribution in [3.8, 4) is 0 Å². The second-order valence-corrected chi connectivity index (χ2v) is 2.61. The van der Waals surface area contributed by atoms with Crippen LogP contribution in [0.3, 0.4) is 0 Å². The molecule has 0 aromatic rings. The van der Waals surface area contributed by atoms with Gasteiger partial charge in [-0.3, -0.25) is 0 Å². The van der Waals surface area contributed by atoms with E-state index < -0.39 is 31.2 Å². The molecule has 0 aromatic carbocycles. The first-order chi connectivity index (χ1) is 5.15. The number of ether oxygens (including phenoxy) is 1. The van der Waals surface area contributed by atoms with Crippen LogP contribution in [0.1, 0.15) is 6.42 Å². The molecule has 1 rings (SSSR count). The van der Waals surface area contributed by atoms with E-state index in [1.54, 1.807) is 0 Å². The van der Waals surface area contributed by atoms with Crippen LogP contribution in [0, 0.1) is 0 Å². The quantitative estimate of drug-likeness (QED) is 0.353. The molecule has 11 heavy (non-hydrogen) atoms. The van der Waals surface area contributed by atoms with E-state index >= 15 is 0 Å². The molecule has 1 aliphatic rings. The minimum absolute atomic E-state index is 0.0162. The number of rotatable bonds is 1. The Morgan fingerprint density at radius 1 is 1.27 bits per heavy atom. The number of aliphatic hydroxyl groups is 4. The predicted octanol–water partition coefficient (Wildman–Crippen LogP) is -2.19. The Morgan fingerprint density at radius 2 is 1.91 bits per heavy atom. The molecule has 0 amide bonds. The highest BCUT2D eigenvalue weighted by Crippen LogP contribution is 2.18. The summed E-state index contributed by atoms with van der Waals surface area (Å²) in [6.07, 6.45) is -4.11. The predicted molar refractivity (Wildman–Crippen MR) is 34.6 cm³/mol. The fourth-order valence-corrected chi connectivity index (χ4v) is 1.08. The third-order valence-corrected chi connectivity index (χ3v) is 1.73. The lowest BCUT2D eigenvalue weighted by atomic mass is 10.0. The molecular weight excluding hydrogens is 152 g/mol. The van der Waals surface area contributed by atoms with Crippen molar-refractivity contribution in [1.82, 2.24) is 0 Å². The first kappa shape index (κ1) is 8.89. The van der Waals surface area contributed by atoms with E-state index in [-0.39, 0.29) is 6.42 Å². The van der Waals surface area contributed by atoms with Crippen LogP contribution in [0.15, 0.2) is 0 Å². The SMILES string of the molecule is OC[C@H]1OC(O)CC(O)[C@H]1O. The highest BCUT2D eigenvalue weighted by Gasteiger charge is 2.35. The summed E-state index contributed by atoms with van der Waals surface area (Å²) in [4.78, 5) is 0. The van der Waals surface area contributed by atoms with Crippen LogP contribution in [0.5, 0.6) is 0 Å². The molecule has 2 unspecified atom stereocenters. The van der Waals surface area contributed by atoms with Gasteiger partial charge in [0.05, 0.1) is 12.7 Å². The Morgan fingerprint density at radius 3 is 2.45 bits per heavy atom. The van der Waals surface area contributed by atoms with Gasteiger partial charge in [-0.15, -0.1) is 0 Å². The van der Waals surface area contributed by atoms with Crippen molar-refractivity contribution in [2.75, 3.05) is 6.61 Å². The summed E-state index contributed by atoms with van der Waals surface area (Å²) in [5, 5.41) is 35.6. The maximum Gasteiger partial charge on any atom is 0.157 e. The lowest BCUT2D eigenvalue weighted by Crippen LogP contribution is -2.49. The Hall–Kier alpha value is -0.200. The van der Waals surface area contributed by atoms with Gasteiger partial charge < -0.3 is 25.2 Å². The summed E-state index contributed by atoms with van der Waals surface area (Å²) in [6, 6.07) is 0. The largest absolute Gasteiger partial charge is 0.394 e. The van der Waals surface area contributed by atoms with Crippen LogP contribution in [0.2, 0.25) is 0 Å². The van der Waals surface area contributed by atoms with Crippen LogP contribution in [0.4, 0.5) is 0 Å². The zero-order valence-electron chi connectivity index (χ0n) is 5.92. The lowest BCUT2D eigenvalue weighted by molar-refractivity contribution is -0.239. The highest BCUT2D eigenvalue weighted by molar-refractivity contribution is 4.81. The van der Waals surface area contributed by atoms with Gasteiger partial charge in [-0.05, 0) is 0 Å². The average Bonchev–Trinajstić information content (AvgIpc) is 1.96. The molecule has 1 aliphatic heterocycles. The number of aliphatic hydroxyl groups excluding tert-OH is 4. The van der Waals surface area contributed by atoms with Crippen LogP contribution in [0.25, 0.3) is 0 Å². The van der Waals surface area contributed by atoms with E-state index in [9.17, 15) is 0 Å². The molecule has 1 saturated heterocycles.